The molecule has 1 aliphatic heterocycles. The van der Waals surface area contributed by atoms with E-state index in [0.29, 0.717) is 0 Å². The van der Waals surface area contributed by atoms with Crippen LogP contribution in [0.15, 0.2) is 0 Å². The van der Waals surface area contributed by atoms with E-state index in [-0.39, 0.29) is 0 Å². The maximum Gasteiger partial charge on any atom is 0.0287 e. The van der Waals surface area contributed by atoms with Crippen LogP contribution < -0.4 is 11.0 Å². The maximum atomic E-state index is 3.60. The predicted octanol–water partition coefficient (Wildman–Crippen LogP) is -0.897. The smallest absolute Gasteiger partial charge is 0.0287 e. The second-order valence-electron chi connectivity index (χ2n) is 1.30. The van der Waals surface area contributed by atoms with Gasteiger partial charge in [-0.3, -0.25) is 0 Å². The van der Waals surface area contributed by atoms with Crippen LogP contribution in [-0.2, 0) is 0 Å². The van der Waals surface area contributed by atoms with Crippen molar-refractivity contribution in [2.45, 2.75) is 0 Å². The summed E-state index contributed by atoms with van der Waals surface area (Å²) < 4.78 is 0. The van der Waals surface area contributed by atoms with Gasteiger partial charge in [-0.1, -0.05) is 0 Å². The quantitative estimate of drug-likeness (QED) is 0.400. The second kappa shape index (κ2) is 1.55. The monoisotopic (exact) mass is 86.1 g/mol. The van der Waals surface area contributed by atoms with Crippen LogP contribution in [0, 0.1) is 7.05 Å². The van der Waals surface area contributed by atoms with E-state index in [4.69, 9.17) is 0 Å². The van der Waals surface area contributed by atoms with Gasteiger partial charge in [-0.2, -0.15) is 5.53 Å². The summed E-state index contributed by atoms with van der Waals surface area (Å²) >= 11 is 0. The fraction of sp³-hybridized carbons (Fsp3) is 0.667. The van der Waals surface area contributed by atoms with Crippen molar-refractivity contribution in [3.63, 3.8) is 0 Å². The minimum absolute atomic E-state index is 0.986. The number of nitrogens with zero attached hydrogens (tertiary/aromatic N) is 1. The largest absolute Gasteiger partial charge is 0.243 e. The summed E-state index contributed by atoms with van der Waals surface area (Å²) in [6, 6.07) is 0. The Balaban J connectivity index is 2.18. The molecular formula is C3H8N3. The van der Waals surface area contributed by atoms with Crippen molar-refractivity contribution >= 4 is 0 Å². The Bertz CT molecular complexity index is 39.3. The number of rotatable bonds is 0. The lowest BCUT2D eigenvalue weighted by molar-refractivity contribution is 0.323. The Kier molecular flexibility index (Phi) is 1.05. The summed E-state index contributed by atoms with van der Waals surface area (Å²) in [4.78, 5) is 0. The summed E-state index contributed by atoms with van der Waals surface area (Å²) in [7, 11) is 3.60. The molecule has 0 unspecified atom stereocenters. The zero-order valence-electron chi connectivity index (χ0n) is 3.57. The second-order valence-corrected chi connectivity index (χ2v) is 1.30. The van der Waals surface area contributed by atoms with Crippen LogP contribution in [0.3, 0.4) is 0 Å². The van der Waals surface area contributed by atoms with E-state index in [0.717, 1.165) is 13.1 Å². The Morgan fingerprint density at radius 2 is 2.50 bits per heavy atom. The molecule has 35 valence electrons. The molecule has 6 heavy (non-hydrogen) atoms. The van der Waals surface area contributed by atoms with Gasteiger partial charge in [-0.05, 0) is 0 Å². The van der Waals surface area contributed by atoms with Crippen molar-refractivity contribution < 1.29 is 0 Å². The molecule has 0 saturated carbocycles. The summed E-state index contributed by atoms with van der Waals surface area (Å²) in [5, 5.41) is 1.75. The van der Waals surface area contributed by atoms with Gasteiger partial charge in [-0.15, -0.1) is 0 Å². The third-order valence-corrected chi connectivity index (χ3v) is 0.744. The van der Waals surface area contributed by atoms with E-state index < -0.39 is 0 Å². The molecule has 2 N–H and O–H groups in total. The number of hydrogen-bond donors (Lipinski definition) is 2. The first-order chi connectivity index (χ1) is 2.89. The zero-order valence-corrected chi connectivity index (χ0v) is 3.57. The highest BCUT2D eigenvalue weighted by atomic mass is 15.7. The first-order valence-electron chi connectivity index (χ1n) is 1.96. The molecule has 1 aliphatic rings. The highest BCUT2D eigenvalue weighted by Gasteiger charge is 2.00. The molecule has 1 fully saturated rings. The molecule has 0 aliphatic carbocycles. The average Bonchev–Trinajstić information content (AvgIpc) is 1.86. The van der Waals surface area contributed by atoms with Crippen molar-refractivity contribution in [1.29, 1.82) is 0 Å². The molecule has 0 aromatic heterocycles. The predicted molar refractivity (Wildman–Crippen MR) is 23.2 cm³/mol. The molecule has 0 spiro atoms. The minimum Gasteiger partial charge on any atom is -0.243 e. The van der Waals surface area contributed by atoms with Gasteiger partial charge in [0.15, 0.2) is 0 Å². The molecule has 0 bridgehead atoms. The summed E-state index contributed by atoms with van der Waals surface area (Å²) in [5.41, 5.74) is 5.68. The molecule has 1 heterocycles. The van der Waals surface area contributed by atoms with Gasteiger partial charge in [0.25, 0.3) is 0 Å². The topological polar surface area (TPSA) is 27.3 Å². The number of hydrazine groups is 2. The van der Waals surface area contributed by atoms with Crippen molar-refractivity contribution in [2.75, 3.05) is 13.1 Å². The van der Waals surface area contributed by atoms with Gasteiger partial charge in [0.2, 0.25) is 0 Å². The SMILES string of the molecule is [CH2]N1CCNN1. The first-order valence-corrected chi connectivity index (χ1v) is 1.96. The minimum atomic E-state index is 0.986. The summed E-state index contributed by atoms with van der Waals surface area (Å²) in [5.74, 6) is 0. The van der Waals surface area contributed by atoms with Gasteiger partial charge in [0.1, 0.15) is 0 Å². The van der Waals surface area contributed by atoms with Crippen LogP contribution in [0.1, 0.15) is 0 Å². The van der Waals surface area contributed by atoms with Crippen LogP contribution in [0.2, 0.25) is 0 Å². The Hall–Kier alpha value is -0.120. The third kappa shape index (κ3) is 0.680. The molecule has 0 aromatic rings. The highest BCUT2D eigenvalue weighted by Crippen LogP contribution is 1.77. The van der Waals surface area contributed by atoms with Crippen LogP contribution in [0.5, 0.6) is 0 Å². The fourth-order valence-corrected chi connectivity index (χ4v) is 0.414. The summed E-state index contributed by atoms with van der Waals surface area (Å²) in [6.07, 6.45) is 0. The number of nitrogens with one attached hydrogen (secondary N) is 2. The molecule has 0 amide bonds. The lowest BCUT2D eigenvalue weighted by Gasteiger charge is -2.01. The zero-order chi connectivity index (χ0) is 4.41. The van der Waals surface area contributed by atoms with Crippen LogP contribution in [0.25, 0.3) is 0 Å². The molecule has 3 heteroatoms. The van der Waals surface area contributed by atoms with Gasteiger partial charge in [0, 0.05) is 20.1 Å². The van der Waals surface area contributed by atoms with E-state index in [1.54, 1.807) is 5.01 Å². The van der Waals surface area contributed by atoms with Crippen LogP contribution >= 0.6 is 0 Å². The Morgan fingerprint density at radius 3 is 2.67 bits per heavy atom. The lowest BCUT2D eigenvalue weighted by Crippen LogP contribution is -2.30. The van der Waals surface area contributed by atoms with Crippen molar-refractivity contribution in [2.24, 2.45) is 0 Å². The molecule has 3 nitrogen and oxygen atoms in total. The fourth-order valence-electron chi connectivity index (χ4n) is 0.414. The normalized spacial score (nSPS) is 25.5. The third-order valence-electron chi connectivity index (χ3n) is 0.744. The Morgan fingerprint density at radius 1 is 1.67 bits per heavy atom. The summed E-state index contributed by atoms with van der Waals surface area (Å²) in [6.45, 7) is 1.98. The van der Waals surface area contributed by atoms with Crippen molar-refractivity contribution in [3.8, 4) is 0 Å². The highest BCUT2D eigenvalue weighted by molar-refractivity contribution is 4.54. The van der Waals surface area contributed by atoms with Crippen LogP contribution in [-0.4, -0.2) is 18.1 Å². The van der Waals surface area contributed by atoms with E-state index in [2.05, 4.69) is 18.0 Å². The van der Waals surface area contributed by atoms with Gasteiger partial charge in [0.05, 0.1) is 0 Å². The molecule has 1 radical (unpaired) electrons. The van der Waals surface area contributed by atoms with Gasteiger partial charge >= 0.3 is 0 Å². The molecule has 0 aromatic carbocycles. The molecule has 1 rings (SSSR count). The first kappa shape index (κ1) is 4.05. The van der Waals surface area contributed by atoms with Crippen LogP contribution in [0.4, 0.5) is 0 Å². The average molecular weight is 86.1 g/mol. The van der Waals surface area contributed by atoms with Crippen molar-refractivity contribution in [1.82, 2.24) is 16.0 Å². The maximum absolute atomic E-state index is 3.60. The van der Waals surface area contributed by atoms with E-state index >= 15 is 0 Å². The van der Waals surface area contributed by atoms with E-state index in [9.17, 15) is 0 Å². The lowest BCUT2D eigenvalue weighted by atomic mass is 10.7. The molecule has 0 atom stereocenters. The van der Waals surface area contributed by atoms with E-state index in [1.165, 1.54) is 0 Å². The molecular weight excluding hydrogens is 78.1 g/mol. The van der Waals surface area contributed by atoms with Crippen molar-refractivity contribution in [3.05, 3.63) is 7.05 Å². The van der Waals surface area contributed by atoms with Gasteiger partial charge < -0.3 is 0 Å². The van der Waals surface area contributed by atoms with E-state index in [1.807, 2.05) is 0 Å². The van der Waals surface area contributed by atoms with Gasteiger partial charge in [-0.25, -0.2) is 10.4 Å². The molecule has 1 saturated heterocycles. The number of hydrogen-bond acceptors (Lipinski definition) is 3. The Labute approximate surface area is 37.3 Å². The standard InChI is InChI=1S/C3H8N3/c1-6-3-2-4-5-6/h4-5H,1-3H2.